The van der Waals surface area contributed by atoms with Crippen LogP contribution in [0.25, 0.3) is 11.0 Å². The smallest absolute Gasteiger partial charge is 0.237 e. The molecule has 1 aromatic carbocycles. The van der Waals surface area contributed by atoms with Crippen LogP contribution in [0.3, 0.4) is 0 Å². The monoisotopic (exact) mass is 517 g/mol. The number of nitrogens with zero attached hydrogens (tertiary/aromatic N) is 2. The number of halogens is 1. The van der Waals surface area contributed by atoms with Crippen LogP contribution in [0, 0.1) is 18.7 Å². The topological polar surface area (TPSA) is 96.3 Å². The lowest BCUT2D eigenvalue weighted by Crippen LogP contribution is -2.45. The second-order valence-electron chi connectivity index (χ2n) is 10.4. The Morgan fingerprint density at radius 1 is 1.29 bits per heavy atom. The fraction of sp³-hybridized carbons (Fsp3) is 0.400. The van der Waals surface area contributed by atoms with Gasteiger partial charge in [0.2, 0.25) is 5.91 Å². The van der Waals surface area contributed by atoms with Crippen LogP contribution in [-0.2, 0) is 11.2 Å². The highest BCUT2D eigenvalue weighted by molar-refractivity contribution is 5.86. The molecule has 2 aliphatic rings. The first-order valence-corrected chi connectivity index (χ1v) is 13.5. The Morgan fingerprint density at radius 3 is 2.89 bits per heavy atom. The third-order valence-corrected chi connectivity index (χ3v) is 7.54. The number of hydrogen-bond acceptors (Lipinski definition) is 5. The van der Waals surface area contributed by atoms with Crippen LogP contribution in [0.2, 0.25) is 0 Å². The van der Waals surface area contributed by atoms with Crippen molar-refractivity contribution in [1.82, 2.24) is 20.2 Å². The van der Waals surface area contributed by atoms with Gasteiger partial charge in [0.15, 0.2) is 11.6 Å². The molecule has 0 bridgehead atoms. The first-order chi connectivity index (χ1) is 18.5. The van der Waals surface area contributed by atoms with Gasteiger partial charge in [-0.3, -0.25) is 9.69 Å². The lowest BCUT2D eigenvalue weighted by Gasteiger charge is -2.33. The maximum absolute atomic E-state index is 14.9. The van der Waals surface area contributed by atoms with Gasteiger partial charge in [-0.25, -0.2) is 9.37 Å². The van der Waals surface area contributed by atoms with E-state index in [2.05, 4.69) is 38.4 Å². The molecule has 8 heteroatoms. The molecule has 1 amide bonds. The number of aryl methyl sites for hydroxylation is 1. The number of rotatable bonds is 9. The molecule has 0 spiro atoms. The number of likely N-dealkylation sites (tertiary alicyclic amines) is 1. The minimum Gasteiger partial charge on any atom is -0.453 e. The van der Waals surface area contributed by atoms with Gasteiger partial charge in [0, 0.05) is 25.5 Å². The number of H-pyrrole nitrogens is 1. The van der Waals surface area contributed by atoms with Crippen molar-refractivity contribution in [2.24, 2.45) is 11.7 Å². The average Bonchev–Trinajstić information content (AvgIpc) is 3.31. The highest BCUT2D eigenvalue weighted by Crippen LogP contribution is 2.32. The SMILES string of the molecule is Cc1c[nH]c2nccc(Oc3ccc(CC(N)C(=O)NCC4CCN(CC5=CC=CCC5)CC4)cc3F)c12. The Hall–Kier alpha value is -3.49. The zero-order chi connectivity index (χ0) is 26.5. The minimum absolute atomic E-state index is 0.113. The van der Waals surface area contributed by atoms with E-state index in [1.54, 1.807) is 24.4 Å². The minimum atomic E-state index is -0.741. The number of carbonyl (C=O) groups excluding carboxylic acids is 1. The first kappa shape index (κ1) is 26.1. The first-order valence-electron chi connectivity index (χ1n) is 13.5. The molecule has 1 aliphatic heterocycles. The number of carbonyl (C=O) groups is 1. The summed E-state index contributed by atoms with van der Waals surface area (Å²) >= 11 is 0. The number of nitrogens with one attached hydrogen (secondary N) is 2. The van der Waals surface area contributed by atoms with E-state index in [9.17, 15) is 9.18 Å². The highest BCUT2D eigenvalue weighted by atomic mass is 19.1. The predicted octanol–water partition coefficient (Wildman–Crippen LogP) is 4.78. The molecule has 7 nitrogen and oxygen atoms in total. The summed E-state index contributed by atoms with van der Waals surface area (Å²) in [4.78, 5) is 22.5. The van der Waals surface area contributed by atoms with Gasteiger partial charge in [-0.2, -0.15) is 0 Å². The lowest BCUT2D eigenvalue weighted by atomic mass is 9.95. The standard InChI is InChI=1S/C30H36FN5O2/c1-20-17-34-29-28(20)27(9-12-33-29)38-26-8-7-23(15-24(26)31)16-25(32)30(37)35-18-21-10-13-36(14-11-21)19-22-5-3-2-4-6-22/h2-3,5,7-9,12,15,17,21,25H,4,6,10-11,13-14,16,18-19,32H2,1H3,(H,33,34)(H,35,37). The summed E-state index contributed by atoms with van der Waals surface area (Å²) in [5, 5.41) is 3.84. The van der Waals surface area contributed by atoms with Crippen LogP contribution in [-0.4, -0.2) is 53.0 Å². The van der Waals surface area contributed by atoms with Crippen molar-refractivity contribution >= 4 is 16.9 Å². The maximum Gasteiger partial charge on any atom is 0.237 e. The van der Waals surface area contributed by atoms with E-state index in [4.69, 9.17) is 10.5 Å². The third kappa shape index (κ3) is 6.31. The average molecular weight is 518 g/mol. The number of aromatic amines is 1. The molecule has 1 atom stereocenters. The van der Waals surface area contributed by atoms with E-state index in [1.165, 1.54) is 11.6 Å². The zero-order valence-electron chi connectivity index (χ0n) is 21.9. The number of nitrogens with two attached hydrogens (primary N) is 1. The lowest BCUT2D eigenvalue weighted by molar-refractivity contribution is -0.122. The van der Waals surface area contributed by atoms with Crippen LogP contribution in [0.1, 0.15) is 36.8 Å². The van der Waals surface area contributed by atoms with Gasteiger partial charge < -0.3 is 20.8 Å². The van der Waals surface area contributed by atoms with Crippen molar-refractivity contribution < 1.29 is 13.9 Å². The van der Waals surface area contributed by atoms with Crippen molar-refractivity contribution in [2.75, 3.05) is 26.2 Å². The number of piperidine rings is 1. The summed E-state index contributed by atoms with van der Waals surface area (Å²) in [6, 6.07) is 5.69. The van der Waals surface area contributed by atoms with Gasteiger partial charge in [-0.1, -0.05) is 29.9 Å². The van der Waals surface area contributed by atoms with Crippen LogP contribution in [0.4, 0.5) is 4.39 Å². The molecule has 5 rings (SSSR count). The Labute approximate surface area is 223 Å². The number of aromatic nitrogens is 2. The number of amides is 1. The molecule has 0 saturated carbocycles. The third-order valence-electron chi connectivity index (χ3n) is 7.54. The molecular weight excluding hydrogens is 481 g/mol. The van der Waals surface area contributed by atoms with E-state index in [1.807, 2.05) is 13.1 Å². The number of benzene rings is 1. The summed E-state index contributed by atoms with van der Waals surface area (Å²) in [6.45, 7) is 5.72. The fourth-order valence-electron chi connectivity index (χ4n) is 5.28. The molecular formula is C30H36FN5O2. The zero-order valence-corrected chi connectivity index (χ0v) is 21.9. The summed E-state index contributed by atoms with van der Waals surface area (Å²) in [7, 11) is 0. The molecule has 3 heterocycles. The van der Waals surface area contributed by atoms with Crippen LogP contribution in [0.15, 0.2) is 60.5 Å². The van der Waals surface area contributed by atoms with Gasteiger partial charge in [-0.05, 0) is 87.4 Å². The Bertz CT molecular complexity index is 1340. The van der Waals surface area contributed by atoms with Gasteiger partial charge in [0.25, 0.3) is 0 Å². The van der Waals surface area contributed by atoms with Crippen molar-refractivity contribution in [1.29, 1.82) is 0 Å². The molecule has 1 saturated heterocycles. The van der Waals surface area contributed by atoms with Crippen molar-refractivity contribution in [3.05, 3.63) is 77.4 Å². The molecule has 1 unspecified atom stereocenters. The number of allylic oxidation sites excluding steroid dienone is 3. The Morgan fingerprint density at radius 2 is 2.13 bits per heavy atom. The summed E-state index contributed by atoms with van der Waals surface area (Å²) in [5.41, 5.74) is 9.99. The van der Waals surface area contributed by atoms with E-state index in [-0.39, 0.29) is 18.1 Å². The van der Waals surface area contributed by atoms with Gasteiger partial charge >= 0.3 is 0 Å². The van der Waals surface area contributed by atoms with Crippen LogP contribution in [0.5, 0.6) is 11.5 Å². The Kier molecular flexibility index (Phi) is 8.20. The normalized spacial score (nSPS) is 17.4. The number of hydrogen-bond donors (Lipinski definition) is 3. The molecule has 2 aromatic heterocycles. The van der Waals surface area contributed by atoms with E-state index in [0.717, 1.165) is 56.3 Å². The van der Waals surface area contributed by atoms with E-state index >= 15 is 0 Å². The van der Waals surface area contributed by atoms with E-state index < -0.39 is 11.9 Å². The van der Waals surface area contributed by atoms with Crippen LogP contribution >= 0.6 is 0 Å². The number of ether oxygens (including phenoxy) is 1. The molecule has 1 aliphatic carbocycles. The second-order valence-corrected chi connectivity index (χ2v) is 10.4. The highest BCUT2D eigenvalue weighted by Gasteiger charge is 2.22. The molecule has 3 aromatic rings. The fourth-order valence-corrected chi connectivity index (χ4v) is 5.28. The van der Waals surface area contributed by atoms with E-state index in [0.29, 0.717) is 29.4 Å². The van der Waals surface area contributed by atoms with Crippen molar-refractivity contribution in [3.8, 4) is 11.5 Å². The van der Waals surface area contributed by atoms with Crippen molar-refractivity contribution in [3.63, 3.8) is 0 Å². The Balaban J connectivity index is 1.09. The van der Waals surface area contributed by atoms with Gasteiger partial charge in [0.05, 0.1) is 11.4 Å². The number of pyridine rings is 1. The molecule has 4 N–H and O–H groups in total. The largest absolute Gasteiger partial charge is 0.453 e. The van der Waals surface area contributed by atoms with Gasteiger partial charge in [0.1, 0.15) is 11.4 Å². The summed E-state index contributed by atoms with van der Waals surface area (Å²) in [6.07, 6.45) is 14.8. The molecule has 200 valence electrons. The van der Waals surface area contributed by atoms with Crippen molar-refractivity contribution in [2.45, 2.75) is 45.1 Å². The quantitative estimate of drug-likeness (QED) is 0.380. The second kappa shape index (κ2) is 11.9. The molecule has 38 heavy (non-hydrogen) atoms. The molecule has 0 radical (unpaired) electrons. The maximum atomic E-state index is 14.9. The predicted molar refractivity (Wildman–Crippen MR) is 148 cm³/mol. The summed E-state index contributed by atoms with van der Waals surface area (Å²) < 4.78 is 20.8. The summed E-state index contributed by atoms with van der Waals surface area (Å²) in [5.74, 6) is 0.405. The van der Waals surface area contributed by atoms with Gasteiger partial charge in [-0.15, -0.1) is 0 Å². The number of fused-ring (bicyclic) bond motifs is 1. The molecule has 1 fully saturated rings. The van der Waals surface area contributed by atoms with Crippen LogP contribution < -0.4 is 15.8 Å².